The highest BCUT2D eigenvalue weighted by molar-refractivity contribution is 5.91. The van der Waals surface area contributed by atoms with E-state index < -0.39 is 0 Å². The first-order valence-electron chi connectivity index (χ1n) is 9.09. The van der Waals surface area contributed by atoms with Crippen molar-refractivity contribution in [2.24, 2.45) is 5.92 Å². The van der Waals surface area contributed by atoms with Gasteiger partial charge < -0.3 is 5.32 Å². The molecular weight excluding hydrogens is 316 g/mol. The van der Waals surface area contributed by atoms with Crippen LogP contribution in [0.3, 0.4) is 0 Å². The maximum absolute atomic E-state index is 12.4. The summed E-state index contributed by atoms with van der Waals surface area (Å²) in [5.41, 5.74) is 2.23. The molecule has 1 amide bonds. The summed E-state index contributed by atoms with van der Waals surface area (Å²) in [4.78, 5) is 14.5. The zero-order valence-corrected chi connectivity index (χ0v) is 15.1. The van der Waals surface area contributed by atoms with Crippen molar-refractivity contribution in [2.75, 3.05) is 25.0 Å². The van der Waals surface area contributed by atoms with Crippen LogP contribution in [0.15, 0.2) is 18.3 Å². The summed E-state index contributed by atoms with van der Waals surface area (Å²) in [6, 6.07) is 4.70. The van der Waals surface area contributed by atoms with Crippen LogP contribution in [0.5, 0.6) is 0 Å². The van der Waals surface area contributed by atoms with E-state index in [0.717, 1.165) is 24.6 Å². The quantitative estimate of drug-likeness (QED) is 0.873. The van der Waals surface area contributed by atoms with Crippen molar-refractivity contribution in [3.8, 4) is 0 Å². The summed E-state index contributed by atoms with van der Waals surface area (Å²) in [6.45, 7) is 8.42. The van der Waals surface area contributed by atoms with Crippen LogP contribution in [-0.2, 0) is 4.79 Å². The molecule has 7 nitrogen and oxygen atoms in total. The minimum atomic E-state index is 0.0246. The van der Waals surface area contributed by atoms with Gasteiger partial charge in [-0.1, -0.05) is 0 Å². The topological polar surface area (TPSA) is 68.0 Å². The number of hydrogen-bond acceptors (Lipinski definition) is 4. The van der Waals surface area contributed by atoms with Crippen molar-refractivity contribution in [3.05, 3.63) is 29.7 Å². The molecule has 25 heavy (non-hydrogen) atoms. The van der Waals surface area contributed by atoms with Crippen LogP contribution in [0.2, 0.25) is 0 Å². The lowest BCUT2D eigenvalue weighted by Gasteiger charge is -2.39. The fraction of sp³-hybridized carbons (Fsp3) is 0.611. The van der Waals surface area contributed by atoms with Crippen LogP contribution in [0.25, 0.3) is 0 Å². The van der Waals surface area contributed by atoms with E-state index in [1.54, 1.807) is 6.20 Å². The van der Waals surface area contributed by atoms with Crippen molar-refractivity contribution < 1.29 is 4.79 Å². The summed E-state index contributed by atoms with van der Waals surface area (Å²) < 4.78 is 4.03. The van der Waals surface area contributed by atoms with E-state index in [-0.39, 0.29) is 5.91 Å². The highest BCUT2D eigenvalue weighted by atomic mass is 16.2. The number of rotatable bonds is 6. The average Bonchev–Trinajstić information content (AvgIpc) is 3.19. The lowest BCUT2D eigenvalue weighted by molar-refractivity contribution is -0.118. The van der Waals surface area contributed by atoms with E-state index in [0.29, 0.717) is 24.5 Å². The number of nitrogens with zero attached hydrogens (tertiary/aromatic N) is 5. The molecule has 2 aromatic heterocycles. The molecule has 3 heterocycles. The molecule has 1 atom stereocenters. The Morgan fingerprint density at radius 3 is 2.76 bits per heavy atom. The van der Waals surface area contributed by atoms with E-state index in [9.17, 15) is 4.79 Å². The summed E-state index contributed by atoms with van der Waals surface area (Å²) >= 11 is 0. The molecule has 134 valence electrons. The number of amides is 1. The molecule has 1 saturated carbocycles. The van der Waals surface area contributed by atoms with Crippen LogP contribution in [0, 0.1) is 19.8 Å². The van der Waals surface area contributed by atoms with Crippen LogP contribution >= 0.6 is 0 Å². The van der Waals surface area contributed by atoms with Gasteiger partial charge >= 0.3 is 0 Å². The van der Waals surface area contributed by atoms with Crippen LogP contribution < -0.4 is 5.32 Å². The molecule has 2 aliphatic rings. The first-order chi connectivity index (χ1) is 12.0. The lowest BCUT2D eigenvalue weighted by atomic mass is 10.1. The molecule has 1 N–H and O–H groups in total. The third kappa shape index (κ3) is 3.33. The summed E-state index contributed by atoms with van der Waals surface area (Å²) in [5.74, 6) is 1.53. The molecule has 0 aromatic carbocycles. The van der Waals surface area contributed by atoms with E-state index >= 15 is 0 Å². The van der Waals surface area contributed by atoms with Crippen molar-refractivity contribution >= 4 is 11.7 Å². The number of carbonyl (C=O) groups is 1. The van der Waals surface area contributed by atoms with E-state index in [1.807, 2.05) is 17.7 Å². The molecule has 0 bridgehead atoms. The third-order valence-corrected chi connectivity index (χ3v) is 5.32. The number of likely N-dealkylation sites (tertiary alicyclic amines) is 1. The largest absolute Gasteiger partial charge is 0.310 e. The Morgan fingerprint density at radius 2 is 2.12 bits per heavy atom. The molecular formula is C18H26N6O. The monoisotopic (exact) mass is 342 g/mol. The number of hydrogen-bond donors (Lipinski definition) is 1. The lowest BCUT2D eigenvalue weighted by Crippen LogP contribution is -2.51. The summed E-state index contributed by atoms with van der Waals surface area (Å²) in [7, 11) is 0. The number of nitrogens with one attached hydrogen (secondary N) is 1. The van der Waals surface area contributed by atoms with Crippen molar-refractivity contribution in [1.82, 2.24) is 24.5 Å². The molecule has 0 unspecified atom stereocenters. The zero-order valence-electron chi connectivity index (χ0n) is 15.1. The van der Waals surface area contributed by atoms with Crippen molar-refractivity contribution in [3.63, 3.8) is 0 Å². The molecule has 7 heteroatoms. The summed E-state index contributed by atoms with van der Waals surface area (Å²) in [5, 5.41) is 11.9. The minimum Gasteiger partial charge on any atom is -0.310 e. The van der Waals surface area contributed by atoms with Crippen LogP contribution in [-0.4, -0.2) is 50.0 Å². The molecule has 2 aromatic rings. The van der Waals surface area contributed by atoms with Gasteiger partial charge in [-0.15, -0.1) is 0 Å². The van der Waals surface area contributed by atoms with Crippen molar-refractivity contribution in [2.45, 2.75) is 45.7 Å². The predicted octanol–water partition coefficient (Wildman–Crippen LogP) is 2.16. The van der Waals surface area contributed by atoms with Gasteiger partial charge in [0, 0.05) is 24.8 Å². The Kier molecular flexibility index (Phi) is 4.11. The molecule has 2 fully saturated rings. The first kappa shape index (κ1) is 16.3. The Labute approximate surface area is 148 Å². The predicted molar refractivity (Wildman–Crippen MR) is 95.5 cm³/mol. The maximum atomic E-state index is 12.4. The van der Waals surface area contributed by atoms with Gasteiger partial charge in [0.2, 0.25) is 5.91 Å². The Hall–Kier alpha value is -2.15. The molecule has 1 aliphatic heterocycles. The van der Waals surface area contributed by atoms with Gasteiger partial charge in [-0.05, 0) is 45.6 Å². The van der Waals surface area contributed by atoms with Gasteiger partial charge in [0.25, 0.3) is 0 Å². The van der Waals surface area contributed by atoms with Gasteiger partial charge in [-0.25, -0.2) is 4.68 Å². The average molecular weight is 342 g/mol. The molecule has 4 rings (SSSR count). The second-order valence-corrected chi connectivity index (χ2v) is 7.51. The molecule has 0 spiro atoms. The SMILES string of the molecule is Cc1cc(C)n(C2CN(CC(=O)Nc3ccnn3[C@@H](C)C3CC3)C2)n1. The molecule has 0 radical (unpaired) electrons. The minimum absolute atomic E-state index is 0.0246. The smallest absolute Gasteiger partial charge is 0.239 e. The van der Waals surface area contributed by atoms with Crippen LogP contribution in [0.1, 0.15) is 43.2 Å². The normalized spacial score (nSPS) is 19.6. The fourth-order valence-electron chi connectivity index (χ4n) is 3.74. The van der Waals surface area contributed by atoms with Gasteiger partial charge in [0.1, 0.15) is 5.82 Å². The van der Waals surface area contributed by atoms with E-state index in [2.05, 4.69) is 45.0 Å². The summed E-state index contributed by atoms with van der Waals surface area (Å²) in [6.07, 6.45) is 4.28. The number of anilines is 1. The third-order valence-electron chi connectivity index (χ3n) is 5.32. The molecule has 1 aliphatic carbocycles. The Balaban J connectivity index is 1.29. The number of aromatic nitrogens is 4. The Bertz CT molecular complexity index is 768. The number of carbonyl (C=O) groups excluding carboxylic acids is 1. The van der Waals surface area contributed by atoms with Gasteiger partial charge in [-0.2, -0.15) is 10.2 Å². The standard InChI is InChI=1S/C18H26N6O/c1-12-8-13(2)23(21-12)16-9-22(10-16)11-18(25)20-17-6-7-19-24(17)14(3)15-4-5-15/h6-8,14-16H,4-5,9-11H2,1-3H3,(H,20,25)/t14-/m0/s1. The second-order valence-electron chi connectivity index (χ2n) is 7.51. The van der Waals surface area contributed by atoms with Gasteiger partial charge in [0.15, 0.2) is 0 Å². The highest BCUT2D eigenvalue weighted by Gasteiger charge is 2.32. The van der Waals surface area contributed by atoms with Gasteiger partial charge in [-0.3, -0.25) is 14.4 Å². The van der Waals surface area contributed by atoms with Crippen LogP contribution in [0.4, 0.5) is 5.82 Å². The first-order valence-corrected chi connectivity index (χ1v) is 9.09. The fourth-order valence-corrected chi connectivity index (χ4v) is 3.74. The van der Waals surface area contributed by atoms with E-state index in [4.69, 9.17) is 0 Å². The number of aryl methyl sites for hydroxylation is 2. The maximum Gasteiger partial charge on any atom is 0.239 e. The van der Waals surface area contributed by atoms with Gasteiger partial charge in [0.05, 0.1) is 30.5 Å². The highest BCUT2D eigenvalue weighted by Crippen LogP contribution is 2.40. The second kappa shape index (κ2) is 6.29. The molecule has 1 saturated heterocycles. The van der Waals surface area contributed by atoms with Crippen molar-refractivity contribution in [1.29, 1.82) is 0 Å². The van der Waals surface area contributed by atoms with E-state index in [1.165, 1.54) is 18.5 Å². The zero-order chi connectivity index (χ0) is 17.6. The Morgan fingerprint density at radius 1 is 1.36 bits per heavy atom.